The minimum atomic E-state index is -0.154. The van der Waals surface area contributed by atoms with E-state index in [1.165, 1.54) is 0 Å². The van der Waals surface area contributed by atoms with E-state index in [0.29, 0.717) is 23.7 Å². The second-order valence-corrected chi connectivity index (χ2v) is 6.47. The van der Waals surface area contributed by atoms with Gasteiger partial charge in [-0.05, 0) is 37.9 Å². The summed E-state index contributed by atoms with van der Waals surface area (Å²) in [6.07, 6.45) is 2.08. The summed E-state index contributed by atoms with van der Waals surface area (Å²) in [5.41, 5.74) is 1.18. The molecule has 1 aliphatic heterocycles. The predicted molar refractivity (Wildman–Crippen MR) is 92.5 cm³/mol. The molecule has 5 nitrogen and oxygen atoms in total. The number of anilines is 1. The van der Waals surface area contributed by atoms with Gasteiger partial charge in [0.2, 0.25) is 5.91 Å². The Morgan fingerprint density at radius 1 is 1.26 bits per heavy atom. The Morgan fingerprint density at radius 2 is 1.91 bits per heavy atom. The molecule has 1 aromatic carbocycles. The van der Waals surface area contributed by atoms with E-state index >= 15 is 0 Å². The van der Waals surface area contributed by atoms with Crippen LogP contribution in [-0.4, -0.2) is 43.4 Å². The Bertz CT molecular complexity index is 551. The largest absolute Gasteiger partial charge is 0.339 e. The maximum absolute atomic E-state index is 12.8. The van der Waals surface area contributed by atoms with Crippen LogP contribution in [0.4, 0.5) is 5.69 Å². The molecule has 126 valence electrons. The number of nitrogens with zero attached hydrogens (tertiary/aromatic N) is 1. The molecule has 1 aliphatic rings. The van der Waals surface area contributed by atoms with Gasteiger partial charge in [-0.15, -0.1) is 0 Å². The van der Waals surface area contributed by atoms with Gasteiger partial charge >= 0.3 is 0 Å². The number of amides is 2. The van der Waals surface area contributed by atoms with Gasteiger partial charge in [-0.2, -0.15) is 0 Å². The van der Waals surface area contributed by atoms with E-state index in [1.54, 1.807) is 12.1 Å². The molecule has 2 amide bonds. The third-order valence-corrected chi connectivity index (χ3v) is 4.44. The first-order valence-electron chi connectivity index (χ1n) is 8.36. The second kappa shape index (κ2) is 8.11. The van der Waals surface area contributed by atoms with E-state index in [4.69, 9.17) is 0 Å². The molecular weight excluding hydrogens is 290 g/mol. The van der Waals surface area contributed by atoms with Crippen LogP contribution in [0.2, 0.25) is 0 Å². The molecule has 1 saturated heterocycles. The summed E-state index contributed by atoms with van der Waals surface area (Å²) in [7, 11) is 1.82. The maximum atomic E-state index is 12.8. The SMILES string of the molecule is CNCC(C)C(=O)Nc1ccccc1C(=O)N1CCC(C)CC1. The average molecular weight is 317 g/mol. The van der Waals surface area contributed by atoms with Gasteiger partial charge < -0.3 is 15.5 Å². The predicted octanol–water partition coefficient (Wildman–Crippen LogP) is 2.35. The van der Waals surface area contributed by atoms with Gasteiger partial charge in [0.05, 0.1) is 11.3 Å². The number of likely N-dealkylation sites (tertiary alicyclic amines) is 1. The molecule has 1 fully saturated rings. The first kappa shape index (κ1) is 17.5. The topological polar surface area (TPSA) is 61.4 Å². The first-order chi connectivity index (χ1) is 11.0. The van der Waals surface area contributed by atoms with Crippen molar-refractivity contribution in [3.63, 3.8) is 0 Å². The summed E-state index contributed by atoms with van der Waals surface area (Å²) < 4.78 is 0. The number of hydrogen-bond donors (Lipinski definition) is 2. The highest BCUT2D eigenvalue weighted by atomic mass is 16.2. The Balaban J connectivity index is 2.10. The first-order valence-corrected chi connectivity index (χ1v) is 8.36. The molecule has 0 radical (unpaired) electrons. The van der Waals surface area contributed by atoms with Gasteiger partial charge in [-0.3, -0.25) is 9.59 Å². The molecule has 0 bridgehead atoms. The normalized spacial score (nSPS) is 16.9. The Labute approximate surface area is 138 Å². The number of hydrogen-bond acceptors (Lipinski definition) is 3. The number of carbonyl (C=O) groups is 2. The Morgan fingerprint density at radius 3 is 2.57 bits per heavy atom. The molecule has 0 aromatic heterocycles. The third-order valence-electron chi connectivity index (χ3n) is 4.44. The van der Waals surface area contributed by atoms with Crippen LogP contribution >= 0.6 is 0 Å². The Kier molecular flexibility index (Phi) is 6.16. The number of nitrogens with one attached hydrogen (secondary N) is 2. The van der Waals surface area contributed by atoms with E-state index in [9.17, 15) is 9.59 Å². The summed E-state index contributed by atoms with van der Waals surface area (Å²) in [6.45, 7) is 6.27. The molecule has 1 heterocycles. The summed E-state index contributed by atoms with van der Waals surface area (Å²) in [5, 5.41) is 5.89. The van der Waals surface area contributed by atoms with E-state index in [1.807, 2.05) is 31.0 Å². The van der Waals surface area contributed by atoms with Crippen molar-refractivity contribution in [2.45, 2.75) is 26.7 Å². The second-order valence-electron chi connectivity index (χ2n) is 6.47. The van der Waals surface area contributed by atoms with Gasteiger partial charge in [0.1, 0.15) is 0 Å². The van der Waals surface area contributed by atoms with Crippen LogP contribution < -0.4 is 10.6 Å². The number of carbonyl (C=O) groups excluding carboxylic acids is 2. The van der Waals surface area contributed by atoms with Crippen molar-refractivity contribution in [3.05, 3.63) is 29.8 Å². The van der Waals surface area contributed by atoms with Gasteiger partial charge in [-0.25, -0.2) is 0 Å². The molecule has 2 rings (SSSR count). The highest BCUT2D eigenvalue weighted by Gasteiger charge is 2.24. The molecular formula is C18H27N3O2. The van der Waals surface area contributed by atoms with Crippen molar-refractivity contribution in [3.8, 4) is 0 Å². The highest BCUT2D eigenvalue weighted by Crippen LogP contribution is 2.22. The molecule has 0 aliphatic carbocycles. The molecule has 5 heteroatoms. The Hall–Kier alpha value is -1.88. The van der Waals surface area contributed by atoms with E-state index < -0.39 is 0 Å². The zero-order valence-electron chi connectivity index (χ0n) is 14.3. The average Bonchev–Trinajstić information content (AvgIpc) is 2.55. The van der Waals surface area contributed by atoms with Crippen LogP contribution in [0.15, 0.2) is 24.3 Å². The third kappa shape index (κ3) is 4.55. The van der Waals surface area contributed by atoms with Crippen molar-refractivity contribution >= 4 is 17.5 Å². The van der Waals surface area contributed by atoms with Crippen LogP contribution in [0.1, 0.15) is 37.0 Å². The smallest absolute Gasteiger partial charge is 0.255 e. The summed E-state index contributed by atoms with van der Waals surface area (Å²) >= 11 is 0. The molecule has 1 unspecified atom stereocenters. The maximum Gasteiger partial charge on any atom is 0.255 e. The summed E-state index contributed by atoms with van der Waals surface area (Å²) in [6, 6.07) is 7.27. The molecule has 23 heavy (non-hydrogen) atoms. The highest BCUT2D eigenvalue weighted by molar-refractivity contribution is 6.04. The zero-order valence-corrected chi connectivity index (χ0v) is 14.3. The monoisotopic (exact) mass is 317 g/mol. The quantitative estimate of drug-likeness (QED) is 0.876. The van der Waals surface area contributed by atoms with E-state index in [-0.39, 0.29) is 17.7 Å². The van der Waals surface area contributed by atoms with Crippen molar-refractivity contribution in [1.29, 1.82) is 0 Å². The lowest BCUT2D eigenvalue weighted by Crippen LogP contribution is -2.38. The van der Waals surface area contributed by atoms with Gasteiger partial charge in [-0.1, -0.05) is 26.0 Å². The van der Waals surface area contributed by atoms with Crippen molar-refractivity contribution in [2.24, 2.45) is 11.8 Å². The van der Waals surface area contributed by atoms with Crippen LogP contribution in [0.3, 0.4) is 0 Å². The lowest BCUT2D eigenvalue weighted by atomic mass is 9.98. The lowest BCUT2D eigenvalue weighted by Gasteiger charge is -2.31. The fourth-order valence-corrected chi connectivity index (χ4v) is 2.82. The lowest BCUT2D eigenvalue weighted by molar-refractivity contribution is -0.119. The number of rotatable bonds is 5. The molecule has 1 aromatic rings. The molecule has 1 atom stereocenters. The summed E-state index contributed by atoms with van der Waals surface area (Å²) in [4.78, 5) is 26.9. The van der Waals surface area contributed by atoms with Crippen LogP contribution in [0.5, 0.6) is 0 Å². The van der Waals surface area contributed by atoms with Crippen LogP contribution in [0, 0.1) is 11.8 Å². The molecule has 2 N–H and O–H groups in total. The fraction of sp³-hybridized carbons (Fsp3) is 0.556. The van der Waals surface area contributed by atoms with Crippen LogP contribution in [0.25, 0.3) is 0 Å². The number of para-hydroxylation sites is 1. The van der Waals surface area contributed by atoms with Crippen molar-refractivity contribution in [1.82, 2.24) is 10.2 Å². The van der Waals surface area contributed by atoms with Gasteiger partial charge in [0, 0.05) is 25.6 Å². The van der Waals surface area contributed by atoms with Crippen molar-refractivity contribution < 1.29 is 9.59 Å². The minimum Gasteiger partial charge on any atom is -0.339 e. The molecule has 0 saturated carbocycles. The number of piperidine rings is 1. The van der Waals surface area contributed by atoms with Gasteiger partial charge in [0.25, 0.3) is 5.91 Å². The summed E-state index contributed by atoms with van der Waals surface area (Å²) in [5.74, 6) is 0.455. The van der Waals surface area contributed by atoms with Gasteiger partial charge in [0.15, 0.2) is 0 Å². The number of benzene rings is 1. The minimum absolute atomic E-state index is 0.00840. The van der Waals surface area contributed by atoms with E-state index in [0.717, 1.165) is 25.9 Å². The van der Waals surface area contributed by atoms with Crippen molar-refractivity contribution in [2.75, 3.05) is 32.0 Å². The zero-order chi connectivity index (χ0) is 16.8. The fourth-order valence-electron chi connectivity index (χ4n) is 2.82. The molecule has 0 spiro atoms. The van der Waals surface area contributed by atoms with E-state index in [2.05, 4.69) is 17.6 Å². The standard InChI is InChI=1S/C18H27N3O2/c1-13-8-10-21(11-9-13)18(23)15-6-4-5-7-16(15)20-17(22)14(2)12-19-3/h4-7,13-14,19H,8-12H2,1-3H3,(H,20,22). The van der Waals surface area contributed by atoms with Crippen LogP contribution in [-0.2, 0) is 4.79 Å².